The van der Waals surface area contributed by atoms with Gasteiger partial charge in [-0.05, 0) is 25.7 Å². The maximum atomic E-state index is 11.1. The first-order chi connectivity index (χ1) is 6.18. The van der Waals surface area contributed by atoms with Gasteiger partial charge in [-0.3, -0.25) is 9.59 Å². The van der Waals surface area contributed by atoms with Gasteiger partial charge in [-0.25, -0.2) is 0 Å². The van der Waals surface area contributed by atoms with Gasteiger partial charge in [-0.1, -0.05) is 0 Å². The van der Waals surface area contributed by atoms with Crippen molar-refractivity contribution in [1.82, 2.24) is 5.32 Å². The summed E-state index contributed by atoms with van der Waals surface area (Å²) >= 11 is 0. The number of rotatable bonds is 5. The maximum Gasteiger partial charge on any atom is 0.303 e. The Labute approximate surface area is 77.3 Å². The van der Waals surface area contributed by atoms with Crippen LogP contribution < -0.4 is 5.32 Å². The Balaban J connectivity index is 2.00. The van der Waals surface area contributed by atoms with Gasteiger partial charge in [0.05, 0.1) is 0 Å². The summed E-state index contributed by atoms with van der Waals surface area (Å²) in [6, 6.07) is 0.359. The lowest BCUT2D eigenvalue weighted by Gasteiger charge is -2.26. The van der Waals surface area contributed by atoms with Crippen molar-refractivity contribution in [2.75, 3.05) is 0 Å². The molecular formula is C9H15NO3. The summed E-state index contributed by atoms with van der Waals surface area (Å²) < 4.78 is 0. The molecule has 0 aromatic rings. The number of carbonyl (C=O) groups is 2. The number of carboxylic acid groups (broad SMARTS) is 1. The highest BCUT2D eigenvalue weighted by Gasteiger charge is 2.18. The van der Waals surface area contributed by atoms with Crippen molar-refractivity contribution in [3.63, 3.8) is 0 Å². The van der Waals surface area contributed by atoms with E-state index in [2.05, 4.69) is 5.32 Å². The molecule has 0 aromatic heterocycles. The summed E-state index contributed by atoms with van der Waals surface area (Å²) in [5.74, 6) is -0.845. The van der Waals surface area contributed by atoms with Crippen LogP contribution in [0.1, 0.15) is 38.5 Å². The van der Waals surface area contributed by atoms with Crippen LogP contribution in [0.3, 0.4) is 0 Å². The second-order valence-electron chi connectivity index (χ2n) is 3.44. The molecule has 0 bridgehead atoms. The molecule has 1 aliphatic rings. The van der Waals surface area contributed by atoms with Gasteiger partial charge >= 0.3 is 5.97 Å². The van der Waals surface area contributed by atoms with Crippen LogP contribution in [0, 0.1) is 0 Å². The summed E-state index contributed by atoms with van der Waals surface area (Å²) in [7, 11) is 0. The molecule has 1 rings (SSSR count). The van der Waals surface area contributed by atoms with Crippen molar-refractivity contribution >= 4 is 11.9 Å². The van der Waals surface area contributed by atoms with Crippen molar-refractivity contribution in [1.29, 1.82) is 0 Å². The lowest BCUT2D eigenvalue weighted by molar-refractivity contribution is -0.137. The van der Waals surface area contributed by atoms with Crippen LogP contribution in [0.25, 0.3) is 0 Å². The molecule has 0 unspecified atom stereocenters. The number of nitrogens with one attached hydrogen (secondary N) is 1. The average molecular weight is 185 g/mol. The van der Waals surface area contributed by atoms with Gasteiger partial charge in [0.25, 0.3) is 0 Å². The van der Waals surface area contributed by atoms with E-state index < -0.39 is 5.97 Å². The topological polar surface area (TPSA) is 66.4 Å². The molecule has 0 aromatic carbocycles. The fraction of sp³-hybridized carbons (Fsp3) is 0.778. The number of amides is 1. The minimum atomic E-state index is -0.837. The zero-order valence-corrected chi connectivity index (χ0v) is 7.58. The number of carboxylic acids is 1. The molecule has 0 atom stereocenters. The molecule has 74 valence electrons. The summed E-state index contributed by atoms with van der Waals surface area (Å²) in [5, 5.41) is 11.2. The minimum absolute atomic E-state index is 0.00838. The smallest absolute Gasteiger partial charge is 0.303 e. The van der Waals surface area contributed by atoms with Crippen molar-refractivity contribution in [2.24, 2.45) is 0 Å². The molecule has 1 aliphatic carbocycles. The van der Waals surface area contributed by atoms with E-state index in [0.29, 0.717) is 18.9 Å². The molecule has 0 aliphatic heterocycles. The van der Waals surface area contributed by atoms with E-state index in [1.165, 1.54) is 6.42 Å². The first kappa shape index (κ1) is 10.0. The van der Waals surface area contributed by atoms with Gasteiger partial charge in [0.15, 0.2) is 0 Å². The van der Waals surface area contributed by atoms with Crippen LogP contribution in [0.4, 0.5) is 0 Å². The fourth-order valence-corrected chi connectivity index (χ4v) is 1.25. The Bertz CT molecular complexity index is 199. The Morgan fingerprint density at radius 1 is 1.31 bits per heavy atom. The van der Waals surface area contributed by atoms with E-state index in [9.17, 15) is 9.59 Å². The van der Waals surface area contributed by atoms with Gasteiger partial charge in [0.2, 0.25) is 5.91 Å². The van der Waals surface area contributed by atoms with E-state index in [1.807, 2.05) is 0 Å². The average Bonchev–Trinajstić information content (AvgIpc) is 1.96. The molecule has 0 heterocycles. The molecule has 0 radical (unpaired) electrons. The number of aliphatic carboxylic acids is 1. The van der Waals surface area contributed by atoms with Gasteiger partial charge in [-0.2, -0.15) is 0 Å². The number of hydrogen-bond acceptors (Lipinski definition) is 2. The fourth-order valence-electron chi connectivity index (χ4n) is 1.25. The van der Waals surface area contributed by atoms with Gasteiger partial charge in [0, 0.05) is 18.9 Å². The highest BCUT2D eigenvalue weighted by atomic mass is 16.4. The summed E-state index contributed by atoms with van der Waals surface area (Å²) in [5.41, 5.74) is 0. The van der Waals surface area contributed by atoms with E-state index in [1.54, 1.807) is 0 Å². The first-order valence-corrected chi connectivity index (χ1v) is 4.69. The van der Waals surface area contributed by atoms with Crippen LogP contribution in [-0.4, -0.2) is 23.0 Å². The molecular weight excluding hydrogens is 170 g/mol. The quantitative estimate of drug-likeness (QED) is 0.669. The Kier molecular flexibility index (Phi) is 3.73. The van der Waals surface area contributed by atoms with Gasteiger partial charge in [0.1, 0.15) is 0 Å². The zero-order chi connectivity index (χ0) is 9.68. The lowest BCUT2D eigenvalue weighted by Crippen LogP contribution is -2.39. The standard InChI is InChI=1S/C9H15NO3/c11-8(5-2-6-9(12)13)10-7-3-1-4-7/h7H,1-6H2,(H,10,11)(H,12,13). The molecule has 4 nitrogen and oxygen atoms in total. The normalized spacial score (nSPS) is 16.3. The van der Waals surface area contributed by atoms with Crippen LogP contribution in [0.5, 0.6) is 0 Å². The second-order valence-corrected chi connectivity index (χ2v) is 3.44. The molecule has 1 fully saturated rings. The van der Waals surface area contributed by atoms with Gasteiger partial charge < -0.3 is 10.4 Å². The Hall–Kier alpha value is -1.06. The van der Waals surface area contributed by atoms with Crippen LogP contribution >= 0.6 is 0 Å². The Morgan fingerprint density at radius 3 is 2.46 bits per heavy atom. The highest BCUT2D eigenvalue weighted by Crippen LogP contribution is 2.18. The largest absolute Gasteiger partial charge is 0.481 e. The minimum Gasteiger partial charge on any atom is -0.481 e. The van der Waals surface area contributed by atoms with Crippen LogP contribution in [0.15, 0.2) is 0 Å². The molecule has 4 heteroatoms. The number of carbonyl (C=O) groups excluding carboxylic acids is 1. The molecule has 2 N–H and O–H groups in total. The zero-order valence-electron chi connectivity index (χ0n) is 7.58. The number of hydrogen-bond donors (Lipinski definition) is 2. The first-order valence-electron chi connectivity index (χ1n) is 4.69. The third kappa shape index (κ3) is 3.92. The molecule has 1 saturated carbocycles. The SMILES string of the molecule is O=C(O)CCCC(=O)NC1CCC1. The maximum absolute atomic E-state index is 11.1. The lowest BCUT2D eigenvalue weighted by atomic mass is 9.93. The molecule has 13 heavy (non-hydrogen) atoms. The molecule has 0 saturated heterocycles. The van der Waals surface area contributed by atoms with Gasteiger partial charge in [-0.15, -0.1) is 0 Å². The van der Waals surface area contributed by atoms with Crippen molar-refractivity contribution in [2.45, 2.75) is 44.6 Å². The summed E-state index contributed by atoms with van der Waals surface area (Å²) in [4.78, 5) is 21.3. The monoisotopic (exact) mass is 185 g/mol. The van der Waals surface area contributed by atoms with Crippen LogP contribution in [-0.2, 0) is 9.59 Å². The van der Waals surface area contributed by atoms with E-state index in [-0.39, 0.29) is 12.3 Å². The summed E-state index contributed by atoms with van der Waals surface area (Å²) in [6.07, 6.45) is 4.20. The predicted octanol–water partition coefficient (Wildman–Crippen LogP) is 0.910. The summed E-state index contributed by atoms with van der Waals surface area (Å²) in [6.45, 7) is 0. The molecule has 1 amide bonds. The van der Waals surface area contributed by atoms with E-state index in [0.717, 1.165) is 12.8 Å². The Morgan fingerprint density at radius 2 is 2.00 bits per heavy atom. The highest BCUT2D eigenvalue weighted by molar-refractivity contribution is 5.77. The second kappa shape index (κ2) is 4.84. The molecule has 0 spiro atoms. The predicted molar refractivity (Wildman–Crippen MR) is 47.3 cm³/mol. The third-order valence-corrected chi connectivity index (χ3v) is 2.26. The third-order valence-electron chi connectivity index (χ3n) is 2.26. The van der Waals surface area contributed by atoms with Crippen molar-refractivity contribution < 1.29 is 14.7 Å². The van der Waals surface area contributed by atoms with Crippen molar-refractivity contribution in [3.05, 3.63) is 0 Å². The van der Waals surface area contributed by atoms with Crippen LogP contribution in [0.2, 0.25) is 0 Å². The van der Waals surface area contributed by atoms with Crippen molar-refractivity contribution in [3.8, 4) is 0 Å². The van der Waals surface area contributed by atoms with E-state index in [4.69, 9.17) is 5.11 Å². The van der Waals surface area contributed by atoms with E-state index >= 15 is 0 Å².